The molecule has 1 N–H and O–H groups in total. The van der Waals surface area contributed by atoms with Gasteiger partial charge in [0, 0.05) is 26.2 Å². The van der Waals surface area contributed by atoms with Crippen molar-refractivity contribution >= 4 is 23.5 Å². The molecule has 2 aromatic carbocycles. The van der Waals surface area contributed by atoms with E-state index in [1.165, 1.54) is 17.0 Å². The van der Waals surface area contributed by atoms with E-state index in [4.69, 9.17) is 9.47 Å². The Morgan fingerprint density at radius 3 is 2.68 bits per heavy atom. The molecule has 2 rings (SSSR count). The quantitative estimate of drug-likeness (QED) is 0.403. The van der Waals surface area contributed by atoms with E-state index in [1.54, 1.807) is 50.6 Å². The van der Waals surface area contributed by atoms with Crippen molar-refractivity contribution in [2.24, 2.45) is 5.10 Å². The third kappa shape index (κ3) is 5.97. The number of anilines is 1. The first-order valence-corrected chi connectivity index (χ1v) is 8.54. The Morgan fingerprint density at radius 2 is 2.00 bits per heavy atom. The van der Waals surface area contributed by atoms with E-state index in [0.29, 0.717) is 23.8 Å². The van der Waals surface area contributed by atoms with Gasteiger partial charge in [-0.25, -0.2) is 0 Å². The number of carbonyl (C=O) groups is 1. The van der Waals surface area contributed by atoms with Gasteiger partial charge in [0.05, 0.1) is 23.4 Å². The molecule has 9 nitrogen and oxygen atoms in total. The molecule has 0 saturated carbocycles. The Morgan fingerprint density at radius 1 is 1.21 bits per heavy atom. The summed E-state index contributed by atoms with van der Waals surface area (Å²) in [7, 11) is 3.31. The number of benzene rings is 2. The van der Waals surface area contributed by atoms with Crippen LogP contribution in [0.4, 0.5) is 11.4 Å². The number of nitro benzene ring substituents is 1. The Labute approximate surface area is 162 Å². The van der Waals surface area contributed by atoms with Crippen LogP contribution in [0.1, 0.15) is 12.5 Å². The topological polar surface area (TPSA) is 106 Å². The summed E-state index contributed by atoms with van der Waals surface area (Å²) in [6.07, 6.45) is 1.55. The summed E-state index contributed by atoms with van der Waals surface area (Å²) < 4.78 is 11.1. The molecule has 0 fully saturated rings. The normalized spacial score (nSPS) is 10.5. The van der Waals surface area contributed by atoms with Gasteiger partial charge in [-0.2, -0.15) is 5.10 Å². The lowest BCUT2D eigenvalue weighted by Gasteiger charge is -2.14. The second kappa shape index (κ2) is 9.91. The second-order valence-electron chi connectivity index (χ2n) is 5.89. The number of amides is 1. The van der Waals surface area contributed by atoms with Gasteiger partial charge in [-0.1, -0.05) is 6.07 Å². The Kier molecular flexibility index (Phi) is 7.32. The number of hydrazone groups is 1. The van der Waals surface area contributed by atoms with Crippen molar-refractivity contribution in [1.29, 1.82) is 0 Å². The fraction of sp³-hybridized carbons (Fsp3) is 0.263. The van der Waals surface area contributed by atoms with Gasteiger partial charge < -0.3 is 14.4 Å². The van der Waals surface area contributed by atoms with Crippen molar-refractivity contribution in [3.63, 3.8) is 0 Å². The van der Waals surface area contributed by atoms with Gasteiger partial charge in [0.15, 0.2) is 18.1 Å². The molecule has 0 unspecified atom stereocenters. The molecule has 2 aromatic rings. The molecule has 0 saturated heterocycles. The molecule has 0 aliphatic rings. The fourth-order valence-corrected chi connectivity index (χ4v) is 2.13. The SMILES string of the molecule is CCOc1cc(/C=N/Nc2cccc([N+](=O)[O-])c2)ccc1OCC(=O)N(C)C. The summed E-state index contributed by atoms with van der Waals surface area (Å²) in [5.74, 6) is 0.795. The van der Waals surface area contributed by atoms with Gasteiger partial charge in [-0.05, 0) is 36.8 Å². The van der Waals surface area contributed by atoms with E-state index in [9.17, 15) is 14.9 Å². The molecule has 0 aromatic heterocycles. The van der Waals surface area contributed by atoms with Crippen molar-refractivity contribution in [3.05, 3.63) is 58.1 Å². The summed E-state index contributed by atoms with van der Waals surface area (Å²) >= 11 is 0. The van der Waals surface area contributed by atoms with Crippen LogP contribution in [-0.2, 0) is 4.79 Å². The van der Waals surface area contributed by atoms with Crippen molar-refractivity contribution < 1.29 is 19.2 Å². The maximum atomic E-state index is 11.7. The van der Waals surface area contributed by atoms with E-state index in [0.717, 1.165) is 5.56 Å². The molecular weight excluding hydrogens is 364 g/mol. The van der Waals surface area contributed by atoms with Crippen LogP contribution in [0.15, 0.2) is 47.6 Å². The summed E-state index contributed by atoms with van der Waals surface area (Å²) in [6, 6.07) is 11.2. The van der Waals surface area contributed by atoms with Crippen molar-refractivity contribution in [2.45, 2.75) is 6.92 Å². The zero-order chi connectivity index (χ0) is 20.5. The lowest BCUT2D eigenvalue weighted by molar-refractivity contribution is -0.384. The zero-order valence-corrected chi connectivity index (χ0v) is 15.9. The second-order valence-corrected chi connectivity index (χ2v) is 5.89. The monoisotopic (exact) mass is 386 g/mol. The van der Waals surface area contributed by atoms with Gasteiger partial charge in [0.2, 0.25) is 0 Å². The highest BCUT2D eigenvalue weighted by atomic mass is 16.6. The third-order valence-corrected chi connectivity index (χ3v) is 3.58. The summed E-state index contributed by atoms with van der Waals surface area (Å²) in [5, 5.41) is 14.9. The minimum atomic E-state index is -0.469. The van der Waals surface area contributed by atoms with Gasteiger partial charge >= 0.3 is 0 Å². The van der Waals surface area contributed by atoms with Gasteiger partial charge in [0.1, 0.15) is 0 Å². The van der Waals surface area contributed by atoms with Gasteiger partial charge in [-0.15, -0.1) is 0 Å². The molecule has 9 heteroatoms. The average molecular weight is 386 g/mol. The number of likely N-dealkylation sites (N-methyl/N-ethyl adjacent to an activating group) is 1. The minimum Gasteiger partial charge on any atom is -0.490 e. The third-order valence-electron chi connectivity index (χ3n) is 3.58. The van der Waals surface area contributed by atoms with E-state index >= 15 is 0 Å². The van der Waals surface area contributed by atoms with Crippen LogP contribution in [0, 0.1) is 10.1 Å². The summed E-state index contributed by atoms with van der Waals surface area (Å²) in [5.41, 5.74) is 3.96. The standard InChI is InChI=1S/C19H22N4O5/c1-4-27-18-10-14(8-9-17(18)28-13-19(24)22(2)3)12-20-21-15-6-5-7-16(11-15)23(25)26/h5-12,21H,4,13H2,1-3H3/b20-12+. The maximum absolute atomic E-state index is 11.7. The van der Waals surface area contributed by atoms with Crippen molar-refractivity contribution in [1.82, 2.24) is 4.90 Å². The number of nitro groups is 1. The zero-order valence-electron chi connectivity index (χ0n) is 15.9. The van der Waals surface area contributed by atoms with Crippen LogP contribution in [-0.4, -0.2) is 49.3 Å². The minimum absolute atomic E-state index is 0.0207. The molecule has 0 bridgehead atoms. The number of non-ortho nitro benzene ring substituents is 1. The highest BCUT2D eigenvalue weighted by Gasteiger charge is 2.10. The first kappa shape index (κ1) is 20.7. The van der Waals surface area contributed by atoms with E-state index in [2.05, 4.69) is 10.5 Å². The first-order chi connectivity index (χ1) is 13.4. The number of nitrogens with one attached hydrogen (secondary N) is 1. The highest BCUT2D eigenvalue weighted by molar-refractivity contribution is 5.82. The number of ether oxygens (including phenoxy) is 2. The lowest BCUT2D eigenvalue weighted by Crippen LogP contribution is -2.27. The molecule has 0 aliphatic carbocycles. The summed E-state index contributed by atoms with van der Waals surface area (Å²) in [6.45, 7) is 2.19. The molecule has 1 amide bonds. The predicted molar refractivity (Wildman–Crippen MR) is 106 cm³/mol. The molecular formula is C19H22N4O5. The fourth-order valence-electron chi connectivity index (χ4n) is 2.13. The number of nitrogens with zero attached hydrogens (tertiary/aromatic N) is 3. The van der Waals surface area contributed by atoms with Crippen LogP contribution in [0.3, 0.4) is 0 Å². The predicted octanol–water partition coefficient (Wildman–Crippen LogP) is 2.91. The Bertz CT molecular complexity index is 867. The molecule has 0 aliphatic heterocycles. The van der Waals surface area contributed by atoms with Gasteiger partial charge in [-0.3, -0.25) is 20.3 Å². The number of carbonyl (C=O) groups excluding carboxylic acids is 1. The van der Waals surface area contributed by atoms with Crippen LogP contribution in [0.25, 0.3) is 0 Å². The molecule has 28 heavy (non-hydrogen) atoms. The molecule has 0 radical (unpaired) electrons. The highest BCUT2D eigenvalue weighted by Crippen LogP contribution is 2.28. The molecule has 0 heterocycles. The summed E-state index contributed by atoms with van der Waals surface area (Å²) in [4.78, 5) is 23.5. The largest absolute Gasteiger partial charge is 0.490 e. The Balaban J connectivity index is 2.08. The number of hydrogen-bond acceptors (Lipinski definition) is 7. The smallest absolute Gasteiger partial charge is 0.271 e. The van der Waals surface area contributed by atoms with E-state index in [-0.39, 0.29) is 18.2 Å². The van der Waals surface area contributed by atoms with Crippen molar-refractivity contribution in [2.75, 3.05) is 32.7 Å². The lowest BCUT2D eigenvalue weighted by atomic mass is 10.2. The molecule has 0 atom stereocenters. The van der Waals surface area contributed by atoms with Crippen LogP contribution in [0.5, 0.6) is 11.5 Å². The van der Waals surface area contributed by atoms with Crippen LogP contribution >= 0.6 is 0 Å². The first-order valence-electron chi connectivity index (χ1n) is 8.54. The number of hydrogen-bond donors (Lipinski definition) is 1. The van der Waals surface area contributed by atoms with Gasteiger partial charge in [0.25, 0.3) is 11.6 Å². The van der Waals surface area contributed by atoms with Crippen LogP contribution < -0.4 is 14.9 Å². The van der Waals surface area contributed by atoms with E-state index in [1.807, 2.05) is 6.92 Å². The van der Waals surface area contributed by atoms with Crippen molar-refractivity contribution in [3.8, 4) is 11.5 Å². The Hall–Kier alpha value is -3.62. The maximum Gasteiger partial charge on any atom is 0.271 e. The number of rotatable bonds is 9. The molecule has 0 spiro atoms. The van der Waals surface area contributed by atoms with E-state index < -0.39 is 4.92 Å². The average Bonchev–Trinajstić information content (AvgIpc) is 2.67. The van der Waals surface area contributed by atoms with Crippen LogP contribution in [0.2, 0.25) is 0 Å². The molecule has 148 valence electrons.